The van der Waals surface area contributed by atoms with Crippen LogP contribution >= 0.6 is 11.3 Å². The van der Waals surface area contributed by atoms with E-state index in [4.69, 9.17) is 4.74 Å². The normalized spacial score (nSPS) is 14.1. The van der Waals surface area contributed by atoms with E-state index in [2.05, 4.69) is 9.46 Å². The van der Waals surface area contributed by atoms with Gasteiger partial charge in [0.1, 0.15) is 21.2 Å². The molecule has 1 N–H and O–H groups in total. The van der Waals surface area contributed by atoms with Gasteiger partial charge in [-0.15, -0.1) is 11.3 Å². The molecule has 0 amide bonds. The number of hydrogen-bond donors (Lipinski definition) is 1. The summed E-state index contributed by atoms with van der Waals surface area (Å²) in [6.07, 6.45) is 0. The maximum Gasteiger partial charge on any atom is 0.349 e. The van der Waals surface area contributed by atoms with Crippen LogP contribution in [-0.2, 0) is 25.1 Å². The summed E-state index contributed by atoms with van der Waals surface area (Å²) in [5, 5.41) is 1.48. The van der Waals surface area contributed by atoms with Crippen LogP contribution in [0.25, 0.3) is 0 Å². The van der Waals surface area contributed by atoms with E-state index in [9.17, 15) is 17.6 Å². The van der Waals surface area contributed by atoms with Crippen molar-refractivity contribution in [3.8, 4) is 0 Å². The third-order valence-electron chi connectivity index (χ3n) is 3.78. The molecule has 0 aliphatic heterocycles. The van der Waals surface area contributed by atoms with E-state index in [1.165, 1.54) is 43.9 Å². The van der Waals surface area contributed by atoms with Crippen LogP contribution < -0.4 is 4.72 Å². The van der Waals surface area contributed by atoms with Crippen molar-refractivity contribution >= 4 is 27.3 Å². The van der Waals surface area contributed by atoms with Gasteiger partial charge in [-0.2, -0.15) is 0 Å². The Kier molecular flexibility index (Phi) is 5.94. The van der Waals surface area contributed by atoms with E-state index >= 15 is 0 Å². The third-order valence-corrected chi connectivity index (χ3v) is 6.25. The quantitative estimate of drug-likeness (QED) is 0.739. The number of ether oxygens (including phenoxy) is 2. The number of hydrogen-bond acceptors (Lipinski definition) is 6. The molecule has 2 rings (SSSR count). The van der Waals surface area contributed by atoms with Crippen molar-refractivity contribution in [3.63, 3.8) is 0 Å². The van der Waals surface area contributed by atoms with Crippen molar-refractivity contribution in [1.29, 1.82) is 0 Å². The monoisotopic (exact) mass is 387 g/mol. The van der Waals surface area contributed by atoms with Crippen LogP contribution in [0.2, 0.25) is 0 Å². The maximum atomic E-state index is 14.1. The van der Waals surface area contributed by atoms with Crippen LogP contribution in [0.15, 0.2) is 40.6 Å². The van der Waals surface area contributed by atoms with Crippen molar-refractivity contribution in [2.45, 2.75) is 17.4 Å². The summed E-state index contributed by atoms with van der Waals surface area (Å²) < 4.78 is 51.5. The number of halogens is 1. The van der Waals surface area contributed by atoms with Gasteiger partial charge in [0.15, 0.2) is 0 Å². The molecule has 25 heavy (non-hydrogen) atoms. The van der Waals surface area contributed by atoms with Crippen LogP contribution in [0.4, 0.5) is 4.39 Å². The number of esters is 1. The summed E-state index contributed by atoms with van der Waals surface area (Å²) in [4.78, 5) is 11.5. The Morgan fingerprint density at radius 2 is 1.96 bits per heavy atom. The first kappa shape index (κ1) is 19.5. The Bertz CT molecular complexity index is 865. The molecule has 136 valence electrons. The van der Waals surface area contributed by atoms with Gasteiger partial charge in [-0.1, -0.05) is 18.2 Å². The fourth-order valence-electron chi connectivity index (χ4n) is 2.23. The number of thiophene rings is 1. The molecule has 0 aliphatic carbocycles. The first-order valence-electron chi connectivity index (χ1n) is 7.21. The summed E-state index contributed by atoms with van der Waals surface area (Å²) in [6, 6.07) is 7.28. The molecule has 1 atom stereocenters. The highest BCUT2D eigenvalue weighted by molar-refractivity contribution is 7.89. The number of carbonyl (C=O) groups excluding carboxylic acids is 1. The van der Waals surface area contributed by atoms with Gasteiger partial charge in [0.05, 0.1) is 7.11 Å². The smallest absolute Gasteiger partial charge is 0.349 e. The Balaban J connectivity index is 2.28. The molecule has 1 heterocycles. The Morgan fingerprint density at radius 1 is 1.28 bits per heavy atom. The average molecular weight is 387 g/mol. The topological polar surface area (TPSA) is 81.7 Å². The molecule has 2 aromatic rings. The van der Waals surface area contributed by atoms with Gasteiger partial charge >= 0.3 is 5.97 Å². The third kappa shape index (κ3) is 4.06. The van der Waals surface area contributed by atoms with E-state index in [1.807, 2.05) is 0 Å². The molecule has 6 nitrogen and oxygen atoms in total. The molecular weight excluding hydrogens is 369 g/mol. The molecule has 0 fully saturated rings. The number of carbonyl (C=O) groups is 1. The molecule has 0 bridgehead atoms. The molecular formula is C16H18FNO5S2. The van der Waals surface area contributed by atoms with Crippen LogP contribution in [0, 0.1) is 5.82 Å². The Hall–Kier alpha value is -1.81. The number of sulfonamides is 1. The zero-order valence-electron chi connectivity index (χ0n) is 13.9. The second kappa shape index (κ2) is 7.61. The van der Waals surface area contributed by atoms with Crippen molar-refractivity contribution in [3.05, 3.63) is 52.0 Å². The zero-order chi connectivity index (χ0) is 18.7. The van der Waals surface area contributed by atoms with Gasteiger partial charge in [0.2, 0.25) is 10.0 Å². The average Bonchev–Trinajstić information content (AvgIpc) is 3.10. The predicted octanol–water partition coefficient (Wildman–Crippen LogP) is 2.51. The molecule has 9 heteroatoms. The summed E-state index contributed by atoms with van der Waals surface area (Å²) in [5.41, 5.74) is -1.00. The summed E-state index contributed by atoms with van der Waals surface area (Å²) >= 11 is 0.962. The van der Waals surface area contributed by atoms with Gasteiger partial charge in [0, 0.05) is 19.2 Å². The van der Waals surface area contributed by atoms with Crippen molar-refractivity contribution < 1.29 is 27.1 Å². The highest BCUT2D eigenvalue weighted by Gasteiger charge is 2.32. The fraction of sp³-hybridized carbons (Fsp3) is 0.312. The first-order chi connectivity index (χ1) is 11.7. The maximum absolute atomic E-state index is 14.1. The molecule has 0 aliphatic rings. The zero-order valence-corrected chi connectivity index (χ0v) is 15.5. The second-order valence-electron chi connectivity index (χ2n) is 5.34. The van der Waals surface area contributed by atoms with Crippen LogP contribution in [-0.4, -0.2) is 35.2 Å². The summed E-state index contributed by atoms with van der Waals surface area (Å²) in [7, 11) is -1.47. The van der Waals surface area contributed by atoms with E-state index in [0.717, 1.165) is 11.3 Å². The Labute approximate surface area is 149 Å². The molecule has 1 aromatic heterocycles. The highest BCUT2D eigenvalue weighted by Crippen LogP contribution is 2.28. The molecule has 0 saturated carbocycles. The molecule has 0 spiro atoms. The summed E-state index contributed by atoms with van der Waals surface area (Å²) in [5.74, 6) is -1.24. The lowest BCUT2D eigenvalue weighted by Gasteiger charge is -2.29. The van der Waals surface area contributed by atoms with E-state index in [1.54, 1.807) is 13.0 Å². The number of rotatable bonds is 7. The molecule has 1 aromatic carbocycles. The largest absolute Gasteiger partial charge is 0.465 e. The van der Waals surface area contributed by atoms with Gasteiger partial charge < -0.3 is 9.47 Å². The van der Waals surface area contributed by atoms with Crippen LogP contribution in [0.1, 0.15) is 22.2 Å². The highest BCUT2D eigenvalue weighted by atomic mass is 32.2. The predicted molar refractivity (Wildman–Crippen MR) is 91.6 cm³/mol. The van der Waals surface area contributed by atoms with E-state index in [0.29, 0.717) is 0 Å². The van der Waals surface area contributed by atoms with Gasteiger partial charge in [-0.05, 0) is 24.4 Å². The fourth-order valence-corrected chi connectivity index (χ4v) is 4.69. The van der Waals surface area contributed by atoms with Crippen molar-refractivity contribution in [1.82, 2.24) is 4.72 Å². The minimum absolute atomic E-state index is 0.0278. The summed E-state index contributed by atoms with van der Waals surface area (Å²) in [6.45, 7) is 1.35. The first-order valence-corrected chi connectivity index (χ1v) is 9.57. The van der Waals surface area contributed by atoms with Gasteiger partial charge in [-0.25, -0.2) is 22.3 Å². The lowest BCUT2D eigenvalue weighted by Crippen LogP contribution is -2.40. The molecule has 0 radical (unpaired) electrons. The lowest BCUT2D eigenvalue weighted by molar-refractivity contribution is 0.00410. The van der Waals surface area contributed by atoms with Crippen LogP contribution in [0.5, 0.6) is 0 Å². The minimum Gasteiger partial charge on any atom is -0.465 e. The Morgan fingerprint density at radius 3 is 2.56 bits per heavy atom. The number of methoxy groups -OCH3 is 2. The number of benzene rings is 1. The lowest BCUT2D eigenvalue weighted by atomic mass is 9.95. The molecule has 0 unspecified atom stereocenters. The number of nitrogens with one attached hydrogen (secondary N) is 1. The van der Waals surface area contributed by atoms with E-state index < -0.39 is 27.4 Å². The second-order valence-corrected chi connectivity index (χ2v) is 8.00. The van der Waals surface area contributed by atoms with Gasteiger partial charge in [0.25, 0.3) is 0 Å². The van der Waals surface area contributed by atoms with Gasteiger partial charge in [-0.3, -0.25) is 0 Å². The molecule has 0 saturated heterocycles. The standard InChI is InChI=1S/C16H18FNO5S2/c1-16(23-3,11-6-4-5-7-12(11)17)10-18-25(20,21)13-8-9-24-14(13)15(19)22-2/h4-9,18H,10H2,1-3H3/t16-/m1/s1. The van der Waals surface area contributed by atoms with Crippen molar-refractivity contribution in [2.75, 3.05) is 20.8 Å². The van der Waals surface area contributed by atoms with Crippen LogP contribution in [0.3, 0.4) is 0 Å². The van der Waals surface area contributed by atoms with E-state index in [-0.39, 0.29) is 21.9 Å². The SMILES string of the molecule is COC(=O)c1sccc1S(=O)(=O)NC[C@@](C)(OC)c1ccccc1F. The van der Waals surface area contributed by atoms with Crippen molar-refractivity contribution in [2.24, 2.45) is 0 Å². The minimum atomic E-state index is -4.01.